The third-order valence-corrected chi connectivity index (χ3v) is 6.24. The van der Waals surface area contributed by atoms with Crippen molar-refractivity contribution in [3.8, 4) is 0 Å². The molecule has 1 saturated heterocycles. The van der Waals surface area contributed by atoms with Gasteiger partial charge < -0.3 is 14.8 Å². The molecule has 0 bridgehead atoms. The van der Waals surface area contributed by atoms with Crippen LogP contribution in [-0.4, -0.2) is 17.8 Å². The molecule has 2 aromatic carbocycles. The summed E-state index contributed by atoms with van der Waals surface area (Å²) in [5, 5.41) is 3.93. The Morgan fingerprint density at radius 2 is 2.03 bits per heavy atom. The van der Waals surface area contributed by atoms with Gasteiger partial charge in [-0.15, -0.1) is 40.9 Å². The molecule has 0 aromatic heterocycles. The van der Waals surface area contributed by atoms with E-state index in [0.717, 1.165) is 24.1 Å². The summed E-state index contributed by atoms with van der Waals surface area (Å²) >= 11 is 7.21. The molecule has 0 radical (unpaired) electrons. The Balaban J connectivity index is 0.000000244. The Kier molecular flexibility index (Phi) is 10.1. The van der Waals surface area contributed by atoms with Crippen LogP contribution in [0.5, 0.6) is 0 Å². The Bertz CT molecular complexity index is 945. The summed E-state index contributed by atoms with van der Waals surface area (Å²) in [6.07, 6.45) is -2.34. The third kappa shape index (κ3) is 6.93. The number of anilines is 1. The van der Waals surface area contributed by atoms with Crippen molar-refractivity contribution >= 4 is 34.8 Å². The van der Waals surface area contributed by atoms with Crippen molar-refractivity contribution < 1.29 is 53.8 Å². The van der Waals surface area contributed by atoms with Crippen LogP contribution in [0.1, 0.15) is 66.3 Å². The van der Waals surface area contributed by atoms with Gasteiger partial charge in [0.05, 0.1) is 28.5 Å². The van der Waals surface area contributed by atoms with Crippen LogP contribution in [0.4, 0.5) is 18.9 Å². The van der Waals surface area contributed by atoms with E-state index in [4.69, 9.17) is 16.3 Å². The van der Waals surface area contributed by atoms with Crippen LogP contribution < -0.4 is 5.32 Å². The second-order valence-electron chi connectivity index (χ2n) is 7.51. The van der Waals surface area contributed by atoms with Gasteiger partial charge in [0, 0.05) is 48.2 Å². The van der Waals surface area contributed by atoms with E-state index in [0.29, 0.717) is 34.1 Å². The number of hydrogen-bond donors (Lipinski definition) is 1. The van der Waals surface area contributed by atoms with Crippen molar-refractivity contribution in [2.45, 2.75) is 62.6 Å². The maximum Gasteiger partial charge on any atom is 0.416 e. The number of fused-ring (bicyclic) bond motifs is 1. The molecular weight excluding hydrogens is 685 g/mol. The average molecular weight is 709 g/mol. The second-order valence-corrected chi connectivity index (χ2v) is 9.33. The first kappa shape index (κ1) is 27.6. The first-order chi connectivity index (χ1) is 14.6. The zero-order chi connectivity index (χ0) is 22.8. The van der Waals surface area contributed by atoms with Crippen LogP contribution in [0, 0.1) is 44.1 Å². The molecule has 0 aliphatic carbocycles. The van der Waals surface area contributed by atoms with Gasteiger partial charge >= 0.3 is 6.18 Å². The number of Topliss-reactive ketones (excluding diaryl/α,β-unsaturated/α-hetero) is 1. The fraction of sp³-hybridized carbons (Fsp3) is 0.435. The van der Waals surface area contributed by atoms with Crippen molar-refractivity contribution in [1.82, 2.24) is 0 Å². The van der Waals surface area contributed by atoms with Gasteiger partial charge in [-0.3, -0.25) is 0 Å². The van der Waals surface area contributed by atoms with Crippen molar-refractivity contribution in [2.75, 3.05) is 11.9 Å². The average Bonchev–Trinajstić information content (AvgIpc) is 3.34. The summed E-state index contributed by atoms with van der Waals surface area (Å²) in [5.74, 6) is 0.0839. The van der Waals surface area contributed by atoms with Gasteiger partial charge in [0.15, 0.2) is 0 Å². The van der Waals surface area contributed by atoms with E-state index in [-0.39, 0.29) is 48.4 Å². The SMILES string of the molecule is CC1Nc2c(cc(C(F)(F)F)cc2C2CCCO2)S1.CCC(=O)c1[c-]c(C)cc(Cl)c1.[U]. The zero-order valence-corrected chi connectivity index (χ0v) is 23.8. The van der Waals surface area contributed by atoms with Gasteiger partial charge in [-0.05, 0) is 43.3 Å². The smallest absolute Gasteiger partial charge is 0.373 e. The van der Waals surface area contributed by atoms with Crippen LogP contribution in [0.2, 0.25) is 5.02 Å². The normalized spacial score (nSPS) is 19.3. The summed E-state index contributed by atoms with van der Waals surface area (Å²) in [5.41, 5.74) is 2.37. The zero-order valence-electron chi connectivity index (χ0n) is 18.0. The number of alkyl halides is 3. The number of benzene rings is 2. The Hall–Kier alpha value is -0.648. The number of hydrogen-bond acceptors (Lipinski definition) is 4. The fourth-order valence-corrected chi connectivity index (χ4v) is 4.88. The quantitative estimate of drug-likeness (QED) is 0.266. The van der Waals surface area contributed by atoms with Gasteiger partial charge in [0.25, 0.3) is 0 Å². The number of carbonyl (C=O) groups excluding carboxylic acids is 1. The summed E-state index contributed by atoms with van der Waals surface area (Å²) in [6.45, 7) is 6.26. The number of ether oxygens (including phenoxy) is 1. The number of aryl methyl sites for hydroxylation is 1. The molecule has 4 rings (SSSR count). The van der Waals surface area contributed by atoms with E-state index in [2.05, 4.69) is 11.4 Å². The van der Waals surface area contributed by atoms with E-state index in [1.165, 1.54) is 23.9 Å². The maximum absolute atomic E-state index is 12.9. The molecule has 0 spiro atoms. The van der Waals surface area contributed by atoms with Gasteiger partial charge in [-0.25, -0.2) is 0 Å². The molecule has 172 valence electrons. The van der Waals surface area contributed by atoms with Crippen molar-refractivity contribution in [3.63, 3.8) is 0 Å². The first-order valence-electron chi connectivity index (χ1n) is 10.1. The van der Waals surface area contributed by atoms with E-state index in [1.807, 2.05) is 20.8 Å². The van der Waals surface area contributed by atoms with Gasteiger partial charge in [-0.2, -0.15) is 13.2 Å². The summed E-state index contributed by atoms with van der Waals surface area (Å²) in [6, 6.07) is 8.87. The molecule has 2 aromatic rings. The van der Waals surface area contributed by atoms with Crippen LogP contribution >= 0.6 is 23.4 Å². The molecule has 9 heteroatoms. The number of carbonyl (C=O) groups is 1. The second kappa shape index (κ2) is 11.7. The standard InChI is InChI=1S/C13H14F3NOS.C10H10ClO.U/c1-7-17-12-9(10-3-2-4-18-10)5-8(13(14,15)16)6-11(12)19-7;1-3-10(12)8-4-7(2)5-9(11)6-8;/h5-7,10,17H,2-4H2,1H3;5-6H,3H2,1-2H3;/q;-1;. The molecule has 0 saturated carbocycles. The largest absolute Gasteiger partial charge is 0.416 e. The molecule has 2 atom stereocenters. The molecule has 2 heterocycles. The van der Waals surface area contributed by atoms with E-state index in [9.17, 15) is 18.0 Å². The minimum absolute atomic E-state index is 0. The Morgan fingerprint density at radius 1 is 1.31 bits per heavy atom. The topological polar surface area (TPSA) is 38.3 Å². The Labute approximate surface area is 219 Å². The van der Waals surface area contributed by atoms with Crippen LogP contribution in [0.15, 0.2) is 29.2 Å². The molecule has 3 nitrogen and oxygen atoms in total. The predicted octanol–water partition coefficient (Wildman–Crippen LogP) is 7.46. The van der Waals surface area contributed by atoms with Gasteiger partial charge in [0.2, 0.25) is 0 Å². The molecule has 1 fully saturated rings. The molecule has 0 amide bonds. The van der Waals surface area contributed by atoms with E-state index in [1.54, 1.807) is 12.1 Å². The maximum atomic E-state index is 12.9. The molecule has 2 unspecified atom stereocenters. The Morgan fingerprint density at radius 3 is 2.59 bits per heavy atom. The van der Waals surface area contributed by atoms with Crippen molar-refractivity contribution in [2.24, 2.45) is 0 Å². The molecule has 2 aliphatic rings. The summed E-state index contributed by atoms with van der Waals surface area (Å²) < 4.78 is 44.4. The molecule has 2 aliphatic heterocycles. The number of ketones is 1. The third-order valence-electron chi connectivity index (χ3n) is 4.98. The van der Waals surface area contributed by atoms with Crippen LogP contribution in [0.25, 0.3) is 0 Å². The molecule has 1 N–H and O–H groups in total. The van der Waals surface area contributed by atoms with Crippen LogP contribution in [-0.2, 0) is 10.9 Å². The van der Waals surface area contributed by atoms with Gasteiger partial charge in [-0.1, -0.05) is 25.6 Å². The van der Waals surface area contributed by atoms with E-state index >= 15 is 0 Å². The summed E-state index contributed by atoms with van der Waals surface area (Å²) in [7, 11) is 0. The van der Waals surface area contributed by atoms with Gasteiger partial charge in [0.1, 0.15) is 0 Å². The predicted molar refractivity (Wildman–Crippen MR) is 118 cm³/mol. The fourth-order valence-electron chi connectivity index (χ4n) is 3.56. The molecule has 32 heavy (non-hydrogen) atoms. The van der Waals surface area contributed by atoms with Crippen molar-refractivity contribution in [1.29, 1.82) is 0 Å². The minimum atomic E-state index is -4.31. The van der Waals surface area contributed by atoms with E-state index < -0.39 is 11.7 Å². The van der Waals surface area contributed by atoms with Crippen molar-refractivity contribution in [3.05, 3.63) is 57.6 Å². The summed E-state index contributed by atoms with van der Waals surface area (Å²) in [4.78, 5) is 11.9. The number of nitrogens with one attached hydrogen (secondary N) is 1. The number of halogens is 4. The molecular formula is C23H24ClF3NO2SU-. The van der Waals surface area contributed by atoms with Crippen LogP contribution in [0.3, 0.4) is 0 Å². The minimum Gasteiger partial charge on any atom is -0.373 e. The monoisotopic (exact) mass is 708 g/mol. The number of rotatable bonds is 3. The number of thioether (sulfide) groups is 1. The first-order valence-corrected chi connectivity index (χ1v) is 11.4.